The van der Waals surface area contributed by atoms with Crippen LogP contribution in [0, 0.1) is 5.92 Å². The van der Waals surface area contributed by atoms with Crippen LogP contribution in [0.25, 0.3) is 0 Å². The summed E-state index contributed by atoms with van der Waals surface area (Å²) in [6, 6.07) is 0. The number of rotatable bonds is 5. The van der Waals surface area contributed by atoms with Gasteiger partial charge in [-0.3, -0.25) is 14.5 Å². The van der Waals surface area contributed by atoms with E-state index < -0.39 is 0 Å². The molecule has 2 N–H and O–H groups in total. The fourth-order valence-electron chi connectivity index (χ4n) is 2.55. The summed E-state index contributed by atoms with van der Waals surface area (Å²) in [5.41, 5.74) is 1.07. The second-order valence-electron chi connectivity index (χ2n) is 6.17. The molecule has 1 aliphatic heterocycles. The van der Waals surface area contributed by atoms with Gasteiger partial charge in [-0.05, 0) is 0 Å². The summed E-state index contributed by atoms with van der Waals surface area (Å²) in [7, 11) is 3.67. The molecule has 24 heavy (non-hydrogen) atoms. The minimum Gasteiger partial charge on any atom is -0.370 e. The number of hydrogen-bond donors (Lipinski definition) is 2. The van der Waals surface area contributed by atoms with Crippen molar-refractivity contribution in [1.82, 2.24) is 25.3 Å². The Balaban J connectivity index is 1.83. The van der Waals surface area contributed by atoms with E-state index in [1.165, 1.54) is 0 Å². The molecule has 0 aromatic carbocycles. The summed E-state index contributed by atoms with van der Waals surface area (Å²) in [5.74, 6) is 0.893. The number of aliphatic imine (C=N–C) groups is 1. The Bertz CT molecular complexity index is 569. The van der Waals surface area contributed by atoms with Gasteiger partial charge in [-0.15, -0.1) is 0 Å². The van der Waals surface area contributed by atoms with Gasteiger partial charge in [-0.1, -0.05) is 13.8 Å². The average molecular weight is 336 g/mol. The minimum atomic E-state index is -0.00774. The van der Waals surface area contributed by atoms with Crippen molar-refractivity contribution >= 4 is 11.9 Å². The molecule has 134 valence electrons. The number of guanidine groups is 1. The highest BCUT2D eigenvalue weighted by Gasteiger charge is 2.25. The minimum absolute atomic E-state index is 0.00351. The van der Waals surface area contributed by atoms with Gasteiger partial charge in [0.25, 0.3) is 0 Å². The Labute approximate surface area is 143 Å². The van der Waals surface area contributed by atoms with Crippen LogP contribution in [0.3, 0.4) is 0 Å². The molecule has 1 aromatic heterocycles. The number of hydrogen-bond acceptors (Lipinski definition) is 4. The number of nitrogens with one attached hydrogen (secondary N) is 2. The third-order valence-corrected chi connectivity index (χ3v) is 3.91. The van der Waals surface area contributed by atoms with Crippen molar-refractivity contribution in [2.75, 3.05) is 39.8 Å². The molecule has 8 nitrogen and oxygen atoms in total. The lowest BCUT2D eigenvalue weighted by atomic mass is 10.1. The summed E-state index contributed by atoms with van der Waals surface area (Å²) < 4.78 is 7.63. The van der Waals surface area contributed by atoms with Crippen LogP contribution >= 0.6 is 0 Å². The van der Waals surface area contributed by atoms with Crippen molar-refractivity contribution in [2.45, 2.75) is 20.0 Å². The highest BCUT2D eigenvalue weighted by molar-refractivity contribution is 5.80. The van der Waals surface area contributed by atoms with E-state index in [0.717, 1.165) is 24.6 Å². The molecule has 1 atom stereocenters. The smallest absolute Gasteiger partial charge is 0.222 e. The molecule has 1 fully saturated rings. The molecule has 1 saturated heterocycles. The number of amides is 1. The molecule has 1 aromatic rings. The number of aryl methyl sites for hydroxylation is 1. The van der Waals surface area contributed by atoms with Crippen LogP contribution < -0.4 is 10.6 Å². The van der Waals surface area contributed by atoms with Gasteiger partial charge < -0.3 is 20.3 Å². The van der Waals surface area contributed by atoms with E-state index in [2.05, 4.69) is 25.6 Å². The van der Waals surface area contributed by atoms with Crippen molar-refractivity contribution < 1.29 is 9.53 Å². The van der Waals surface area contributed by atoms with E-state index in [4.69, 9.17) is 4.74 Å². The van der Waals surface area contributed by atoms with E-state index in [9.17, 15) is 4.79 Å². The Kier molecular flexibility index (Phi) is 6.60. The Morgan fingerprint density at radius 3 is 2.83 bits per heavy atom. The molecule has 0 bridgehead atoms. The molecule has 0 saturated carbocycles. The lowest BCUT2D eigenvalue weighted by Gasteiger charge is -2.34. The number of carbonyl (C=O) groups excluding carboxylic acids is 1. The highest BCUT2D eigenvalue weighted by Crippen LogP contribution is 2.21. The zero-order valence-electron chi connectivity index (χ0n) is 15.0. The monoisotopic (exact) mass is 336 g/mol. The van der Waals surface area contributed by atoms with Crippen molar-refractivity contribution in [3.8, 4) is 0 Å². The third kappa shape index (κ3) is 4.95. The number of nitrogens with zero attached hydrogens (tertiary/aromatic N) is 4. The van der Waals surface area contributed by atoms with Gasteiger partial charge in [0.1, 0.15) is 6.10 Å². The van der Waals surface area contributed by atoms with E-state index in [1.54, 1.807) is 11.7 Å². The average Bonchev–Trinajstić information content (AvgIpc) is 3.01. The second kappa shape index (κ2) is 8.68. The topological polar surface area (TPSA) is 83.8 Å². The van der Waals surface area contributed by atoms with Crippen molar-refractivity contribution in [1.29, 1.82) is 0 Å². The zero-order valence-corrected chi connectivity index (χ0v) is 15.0. The van der Waals surface area contributed by atoms with E-state index in [-0.39, 0.29) is 17.9 Å². The first-order chi connectivity index (χ1) is 11.5. The first-order valence-electron chi connectivity index (χ1n) is 8.34. The van der Waals surface area contributed by atoms with Gasteiger partial charge in [-0.25, -0.2) is 0 Å². The molecule has 0 aliphatic carbocycles. The standard InChI is InChI=1S/C16H28N6O2/c1-12(2)15(23)18-5-6-19-16(17-3)22-7-8-24-14(11-22)13-9-20-21(4)10-13/h9-10,12,14H,5-8,11H2,1-4H3,(H,17,19)(H,18,23). The molecule has 8 heteroatoms. The van der Waals surface area contributed by atoms with Crippen LogP contribution in [0.5, 0.6) is 0 Å². The number of aromatic nitrogens is 2. The summed E-state index contributed by atoms with van der Waals surface area (Å²) in [4.78, 5) is 18.1. The van der Waals surface area contributed by atoms with Gasteiger partial charge in [-0.2, -0.15) is 5.10 Å². The lowest BCUT2D eigenvalue weighted by molar-refractivity contribution is -0.123. The van der Waals surface area contributed by atoms with E-state index in [0.29, 0.717) is 19.7 Å². The molecule has 2 rings (SSSR count). The highest BCUT2D eigenvalue weighted by atomic mass is 16.5. The van der Waals surface area contributed by atoms with Crippen LogP contribution in [-0.2, 0) is 16.6 Å². The lowest BCUT2D eigenvalue weighted by Crippen LogP contribution is -2.49. The van der Waals surface area contributed by atoms with Crippen LogP contribution in [0.4, 0.5) is 0 Å². The van der Waals surface area contributed by atoms with E-state index in [1.807, 2.05) is 33.3 Å². The first kappa shape index (κ1) is 18.3. The maximum atomic E-state index is 11.6. The number of morpholine rings is 1. The maximum absolute atomic E-state index is 11.6. The molecular weight excluding hydrogens is 308 g/mol. The summed E-state index contributed by atoms with van der Waals surface area (Å²) >= 11 is 0. The molecule has 2 heterocycles. The molecule has 0 radical (unpaired) electrons. The van der Waals surface area contributed by atoms with E-state index >= 15 is 0 Å². The SMILES string of the molecule is CN=C(NCCNC(=O)C(C)C)N1CCOC(c2cnn(C)c2)C1. The predicted octanol–water partition coefficient (Wildman–Crippen LogP) is 0.141. The van der Waals surface area contributed by atoms with Gasteiger partial charge >= 0.3 is 0 Å². The molecule has 1 amide bonds. The van der Waals surface area contributed by atoms with Crippen molar-refractivity contribution in [3.63, 3.8) is 0 Å². The summed E-state index contributed by atoms with van der Waals surface area (Å²) in [6.45, 7) is 7.14. The second-order valence-corrected chi connectivity index (χ2v) is 6.17. The summed E-state index contributed by atoms with van der Waals surface area (Å²) in [6.07, 6.45) is 3.81. The first-order valence-corrected chi connectivity index (χ1v) is 8.34. The predicted molar refractivity (Wildman–Crippen MR) is 92.7 cm³/mol. The quantitative estimate of drug-likeness (QED) is 0.454. The van der Waals surface area contributed by atoms with Gasteiger partial charge in [0, 0.05) is 51.4 Å². The zero-order chi connectivity index (χ0) is 17.5. The Hall–Kier alpha value is -2.09. The number of ether oxygens (including phenoxy) is 1. The van der Waals surface area contributed by atoms with Gasteiger partial charge in [0.05, 0.1) is 19.3 Å². The van der Waals surface area contributed by atoms with Crippen LogP contribution in [-0.4, -0.2) is 66.4 Å². The molecule has 1 aliphatic rings. The van der Waals surface area contributed by atoms with Crippen LogP contribution in [0.2, 0.25) is 0 Å². The fraction of sp³-hybridized carbons (Fsp3) is 0.688. The molecule has 1 unspecified atom stereocenters. The maximum Gasteiger partial charge on any atom is 0.222 e. The molecular formula is C16H28N6O2. The van der Waals surface area contributed by atoms with Gasteiger partial charge in [0.2, 0.25) is 5.91 Å². The number of carbonyl (C=O) groups is 1. The molecule has 0 spiro atoms. The Morgan fingerprint density at radius 1 is 1.46 bits per heavy atom. The third-order valence-electron chi connectivity index (χ3n) is 3.91. The normalized spacial score (nSPS) is 18.8. The van der Waals surface area contributed by atoms with Crippen molar-refractivity contribution in [2.24, 2.45) is 18.0 Å². The van der Waals surface area contributed by atoms with Crippen LogP contribution in [0.15, 0.2) is 17.4 Å². The largest absolute Gasteiger partial charge is 0.370 e. The Morgan fingerprint density at radius 2 is 2.21 bits per heavy atom. The fourth-order valence-corrected chi connectivity index (χ4v) is 2.55. The van der Waals surface area contributed by atoms with Crippen LogP contribution in [0.1, 0.15) is 25.5 Å². The summed E-state index contributed by atoms with van der Waals surface area (Å²) in [5, 5.41) is 10.4. The van der Waals surface area contributed by atoms with Gasteiger partial charge in [0.15, 0.2) is 5.96 Å². The van der Waals surface area contributed by atoms with Crippen molar-refractivity contribution in [3.05, 3.63) is 18.0 Å².